The van der Waals surface area contributed by atoms with Gasteiger partial charge in [0.2, 0.25) is 0 Å². The van der Waals surface area contributed by atoms with Crippen molar-refractivity contribution in [3.8, 4) is 0 Å². The van der Waals surface area contributed by atoms with Crippen LogP contribution in [0, 0.1) is 0 Å². The number of esters is 1. The van der Waals surface area contributed by atoms with E-state index in [1.54, 1.807) is 6.92 Å². The minimum Gasteiger partial charge on any atom is -0.461 e. The highest BCUT2D eigenvalue weighted by Crippen LogP contribution is 1.96. The summed E-state index contributed by atoms with van der Waals surface area (Å²) in [5, 5.41) is 0. The van der Waals surface area contributed by atoms with Crippen molar-refractivity contribution in [1.29, 1.82) is 0 Å². The average molecular weight is 156 g/mol. The van der Waals surface area contributed by atoms with Crippen LogP contribution in [-0.4, -0.2) is 12.6 Å². The molecule has 0 saturated carbocycles. The van der Waals surface area contributed by atoms with Gasteiger partial charge in [-0.25, -0.2) is 0 Å². The van der Waals surface area contributed by atoms with Gasteiger partial charge in [0.05, 0.1) is 0 Å². The van der Waals surface area contributed by atoms with E-state index >= 15 is 0 Å². The summed E-state index contributed by atoms with van der Waals surface area (Å²) >= 11 is 0. The van der Waals surface area contributed by atoms with Crippen molar-refractivity contribution in [3.63, 3.8) is 0 Å². The molecule has 0 aliphatic rings. The Morgan fingerprint density at radius 1 is 1.45 bits per heavy atom. The summed E-state index contributed by atoms with van der Waals surface area (Å²) in [6.07, 6.45) is 3.51. The molecule has 0 amide bonds. The highest BCUT2D eigenvalue weighted by molar-refractivity contribution is 5.69. The van der Waals surface area contributed by atoms with Crippen LogP contribution in [0.5, 0.6) is 0 Å². The number of ether oxygens (including phenoxy) is 1. The van der Waals surface area contributed by atoms with Gasteiger partial charge in [0.25, 0.3) is 0 Å². The lowest BCUT2D eigenvalue weighted by molar-refractivity contribution is -0.142. The van der Waals surface area contributed by atoms with Crippen molar-refractivity contribution in [1.82, 2.24) is 0 Å². The summed E-state index contributed by atoms with van der Waals surface area (Å²) in [5.41, 5.74) is 1.12. The molecule has 0 saturated heterocycles. The van der Waals surface area contributed by atoms with Crippen LogP contribution in [0.4, 0.5) is 0 Å². The van der Waals surface area contributed by atoms with Gasteiger partial charge in [-0.3, -0.25) is 4.79 Å². The fraction of sp³-hybridized carbons (Fsp3) is 0.667. The van der Waals surface area contributed by atoms with Crippen LogP contribution < -0.4 is 0 Å². The summed E-state index contributed by atoms with van der Waals surface area (Å²) in [6, 6.07) is 0. The second-order valence-electron chi connectivity index (χ2n) is 2.47. The molecule has 0 bridgehead atoms. The van der Waals surface area contributed by atoms with E-state index < -0.39 is 0 Å². The molecular formula is C9H16O2. The topological polar surface area (TPSA) is 26.3 Å². The minimum absolute atomic E-state index is 0.131. The van der Waals surface area contributed by atoms with E-state index in [1.807, 2.05) is 6.92 Å². The SMILES string of the molecule is CC/C=C(\C)COC(=O)CC. The molecule has 0 heterocycles. The molecule has 0 aliphatic carbocycles. The zero-order chi connectivity index (χ0) is 8.69. The van der Waals surface area contributed by atoms with Crippen molar-refractivity contribution in [2.24, 2.45) is 0 Å². The van der Waals surface area contributed by atoms with E-state index in [9.17, 15) is 4.79 Å². The highest BCUT2D eigenvalue weighted by Gasteiger charge is 1.96. The van der Waals surface area contributed by atoms with Crippen molar-refractivity contribution < 1.29 is 9.53 Å². The maximum absolute atomic E-state index is 10.7. The summed E-state index contributed by atoms with van der Waals surface area (Å²) in [6.45, 7) is 6.26. The summed E-state index contributed by atoms with van der Waals surface area (Å²) in [4.78, 5) is 10.7. The molecule has 11 heavy (non-hydrogen) atoms. The van der Waals surface area contributed by atoms with Crippen LogP contribution in [0.15, 0.2) is 11.6 Å². The van der Waals surface area contributed by atoms with Crippen molar-refractivity contribution in [2.45, 2.75) is 33.6 Å². The lowest BCUT2D eigenvalue weighted by Gasteiger charge is -2.02. The average Bonchev–Trinajstić information content (AvgIpc) is 2.01. The fourth-order valence-electron chi connectivity index (χ4n) is 0.704. The van der Waals surface area contributed by atoms with E-state index in [0.717, 1.165) is 12.0 Å². The van der Waals surface area contributed by atoms with Gasteiger partial charge in [0.15, 0.2) is 0 Å². The Bertz CT molecular complexity index is 148. The zero-order valence-corrected chi connectivity index (χ0v) is 7.52. The Morgan fingerprint density at radius 2 is 2.09 bits per heavy atom. The maximum Gasteiger partial charge on any atom is 0.305 e. The normalized spacial score (nSPS) is 11.4. The number of carbonyl (C=O) groups is 1. The predicted octanol–water partition coefficient (Wildman–Crippen LogP) is 2.30. The molecule has 0 rings (SSSR count). The molecular weight excluding hydrogens is 140 g/mol. The summed E-state index contributed by atoms with van der Waals surface area (Å²) in [5.74, 6) is -0.131. The van der Waals surface area contributed by atoms with Gasteiger partial charge < -0.3 is 4.74 Å². The van der Waals surface area contributed by atoms with Gasteiger partial charge in [-0.1, -0.05) is 19.9 Å². The number of allylic oxidation sites excluding steroid dienone is 1. The van der Waals surface area contributed by atoms with Crippen LogP contribution in [0.2, 0.25) is 0 Å². The lowest BCUT2D eigenvalue weighted by atomic mass is 10.3. The molecule has 0 aromatic heterocycles. The molecule has 0 radical (unpaired) electrons. The lowest BCUT2D eigenvalue weighted by Crippen LogP contribution is -2.04. The first-order valence-electron chi connectivity index (χ1n) is 4.02. The van der Waals surface area contributed by atoms with E-state index in [1.165, 1.54) is 0 Å². The van der Waals surface area contributed by atoms with Gasteiger partial charge in [0.1, 0.15) is 6.61 Å². The van der Waals surface area contributed by atoms with Gasteiger partial charge in [0, 0.05) is 6.42 Å². The quantitative estimate of drug-likeness (QED) is 0.461. The fourth-order valence-corrected chi connectivity index (χ4v) is 0.704. The third-order valence-corrected chi connectivity index (χ3v) is 1.30. The van der Waals surface area contributed by atoms with Gasteiger partial charge in [-0.15, -0.1) is 0 Å². The molecule has 0 atom stereocenters. The van der Waals surface area contributed by atoms with Crippen LogP contribution in [0.1, 0.15) is 33.6 Å². The molecule has 0 N–H and O–H groups in total. The van der Waals surface area contributed by atoms with E-state index in [4.69, 9.17) is 4.74 Å². The van der Waals surface area contributed by atoms with Crippen molar-refractivity contribution in [3.05, 3.63) is 11.6 Å². The predicted molar refractivity (Wildman–Crippen MR) is 45.3 cm³/mol. The Hall–Kier alpha value is -0.790. The molecule has 0 unspecified atom stereocenters. The Kier molecular flexibility index (Phi) is 5.53. The third kappa shape index (κ3) is 5.64. The molecule has 0 spiro atoms. The number of carbonyl (C=O) groups excluding carboxylic acids is 1. The number of hydrogen-bond donors (Lipinski definition) is 0. The molecule has 0 aromatic rings. The first kappa shape index (κ1) is 10.2. The van der Waals surface area contributed by atoms with Crippen LogP contribution in [0.25, 0.3) is 0 Å². The monoisotopic (exact) mass is 156 g/mol. The minimum atomic E-state index is -0.131. The first-order valence-corrected chi connectivity index (χ1v) is 4.02. The van der Waals surface area contributed by atoms with Gasteiger partial charge in [-0.2, -0.15) is 0 Å². The van der Waals surface area contributed by atoms with Crippen molar-refractivity contribution in [2.75, 3.05) is 6.61 Å². The molecule has 64 valence electrons. The van der Waals surface area contributed by atoms with Crippen LogP contribution in [0.3, 0.4) is 0 Å². The molecule has 2 heteroatoms. The largest absolute Gasteiger partial charge is 0.461 e. The van der Waals surface area contributed by atoms with Gasteiger partial charge >= 0.3 is 5.97 Å². The summed E-state index contributed by atoms with van der Waals surface area (Å²) in [7, 11) is 0. The van der Waals surface area contributed by atoms with E-state index in [2.05, 4.69) is 13.0 Å². The number of hydrogen-bond acceptors (Lipinski definition) is 2. The Balaban J connectivity index is 3.53. The van der Waals surface area contributed by atoms with E-state index in [0.29, 0.717) is 13.0 Å². The molecule has 0 aliphatic heterocycles. The third-order valence-electron chi connectivity index (χ3n) is 1.30. The van der Waals surface area contributed by atoms with Gasteiger partial charge in [-0.05, 0) is 18.9 Å². The first-order chi connectivity index (χ1) is 5.20. The Labute approximate surface area is 68.2 Å². The van der Waals surface area contributed by atoms with Crippen molar-refractivity contribution >= 4 is 5.97 Å². The van der Waals surface area contributed by atoms with Crippen LogP contribution >= 0.6 is 0 Å². The van der Waals surface area contributed by atoms with E-state index in [-0.39, 0.29) is 5.97 Å². The molecule has 0 fully saturated rings. The maximum atomic E-state index is 10.7. The standard InChI is InChI=1S/C9H16O2/c1-4-6-8(3)7-11-9(10)5-2/h6H,4-5,7H2,1-3H3/b8-6+. The molecule has 2 nitrogen and oxygen atoms in total. The molecule has 0 aromatic carbocycles. The smallest absolute Gasteiger partial charge is 0.305 e. The van der Waals surface area contributed by atoms with Crippen LogP contribution in [-0.2, 0) is 9.53 Å². The summed E-state index contributed by atoms with van der Waals surface area (Å²) < 4.78 is 4.90. The number of rotatable bonds is 4. The highest BCUT2D eigenvalue weighted by atomic mass is 16.5. The second-order valence-corrected chi connectivity index (χ2v) is 2.47. The Morgan fingerprint density at radius 3 is 2.55 bits per heavy atom. The zero-order valence-electron chi connectivity index (χ0n) is 7.52. The second kappa shape index (κ2) is 5.96.